The molecule has 0 spiro atoms. The van der Waals surface area contributed by atoms with Gasteiger partial charge in [-0.15, -0.1) is 0 Å². The van der Waals surface area contributed by atoms with Crippen LogP contribution in [0, 0.1) is 13.8 Å². The summed E-state index contributed by atoms with van der Waals surface area (Å²) in [6, 6.07) is 78.4. The number of benzene rings is 10. The second-order valence-electron chi connectivity index (χ2n) is 17.0. The van der Waals surface area contributed by atoms with E-state index in [1.807, 2.05) is 0 Å². The summed E-state index contributed by atoms with van der Waals surface area (Å²) in [6.45, 7) is 4.44. The number of hydrogen-bond acceptors (Lipinski definition) is 0. The number of nitrogens with zero attached hydrogens (tertiary/aromatic N) is 3. The lowest BCUT2D eigenvalue weighted by molar-refractivity contribution is 1.14. The SMILES string of the molecule is Cc1cccc(C)c1-c1ccc2c(c1)c1ccc3ccccc3c1n2-c1cccc(-n2c3ccccc3c3cc(-c4ccc5c(c4)c4ccccc4n5-c4ccccc4)ccc32)c1. The molecule has 0 N–H and O–H groups in total. The molecule has 3 nitrogen and oxygen atoms in total. The lowest BCUT2D eigenvalue weighted by Crippen LogP contribution is -1.99. The number of para-hydroxylation sites is 3. The van der Waals surface area contributed by atoms with E-state index in [-0.39, 0.29) is 0 Å². The first kappa shape index (κ1) is 35.6. The van der Waals surface area contributed by atoms with Crippen molar-refractivity contribution in [3.63, 3.8) is 0 Å². The maximum absolute atomic E-state index is 2.49. The van der Waals surface area contributed by atoms with Gasteiger partial charge in [0.25, 0.3) is 0 Å². The van der Waals surface area contributed by atoms with E-state index in [4.69, 9.17) is 0 Å². The van der Waals surface area contributed by atoms with Gasteiger partial charge >= 0.3 is 0 Å². The van der Waals surface area contributed by atoms with Crippen molar-refractivity contribution in [1.82, 2.24) is 13.7 Å². The molecule has 0 aliphatic heterocycles. The second kappa shape index (κ2) is 13.7. The molecule has 63 heavy (non-hydrogen) atoms. The smallest absolute Gasteiger partial charge is 0.0619 e. The number of aromatic nitrogens is 3. The Bertz CT molecular complexity index is 3970. The molecule has 3 heteroatoms. The molecule has 0 aliphatic rings. The number of rotatable bonds is 5. The highest BCUT2D eigenvalue weighted by Gasteiger charge is 2.20. The van der Waals surface area contributed by atoms with Crippen LogP contribution in [0.3, 0.4) is 0 Å². The third-order valence-corrected chi connectivity index (χ3v) is 13.5. The molecule has 0 bridgehead atoms. The summed E-state index contributed by atoms with van der Waals surface area (Å²) in [4.78, 5) is 0. The van der Waals surface area contributed by atoms with Gasteiger partial charge < -0.3 is 13.7 Å². The van der Waals surface area contributed by atoms with Gasteiger partial charge in [-0.25, -0.2) is 0 Å². The van der Waals surface area contributed by atoms with Gasteiger partial charge in [-0.1, -0.05) is 133 Å². The minimum Gasteiger partial charge on any atom is -0.309 e. The Labute approximate surface area is 364 Å². The topological polar surface area (TPSA) is 14.8 Å². The fraction of sp³-hybridized carbons (Fsp3) is 0.0333. The van der Waals surface area contributed by atoms with Crippen LogP contribution in [0.25, 0.3) is 116 Å². The van der Waals surface area contributed by atoms with Crippen LogP contribution in [0.15, 0.2) is 212 Å². The van der Waals surface area contributed by atoms with Crippen LogP contribution < -0.4 is 0 Å². The molecule has 0 radical (unpaired) electrons. The molecule has 296 valence electrons. The van der Waals surface area contributed by atoms with E-state index in [0.29, 0.717) is 0 Å². The molecule has 0 amide bonds. The van der Waals surface area contributed by atoms with Gasteiger partial charge in [-0.2, -0.15) is 0 Å². The molecule has 0 atom stereocenters. The Morgan fingerprint density at radius 2 is 0.730 bits per heavy atom. The molecule has 0 unspecified atom stereocenters. The molecular weight excluding hydrogens is 763 g/mol. The summed E-state index contributed by atoms with van der Waals surface area (Å²) >= 11 is 0. The zero-order chi connectivity index (χ0) is 41.8. The van der Waals surface area contributed by atoms with Crippen LogP contribution >= 0.6 is 0 Å². The van der Waals surface area contributed by atoms with Gasteiger partial charge in [0.1, 0.15) is 0 Å². The van der Waals surface area contributed by atoms with Gasteiger partial charge in [0.05, 0.1) is 33.1 Å². The first-order valence-corrected chi connectivity index (χ1v) is 21.8. The summed E-state index contributed by atoms with van der Waals surface area (Å²) in [7, 11) is 0. The average molecular weight is 804 g/mol. The van der Waals surface area contributed by atoms with E-state index in [0.717, 1.165) is 11.4 Å². The van der Waals surface area contributed by atoms with Crippen molar-refractivity contribution >= 4 is 76.2 Å². The molecule has 13 rings (SSSR count). The maximum Gasteiger partial charge on any atom is 0.0619 e. The van der Waals surface area contributed by atoms with Crippen molar-refractivity contribution in [2.75, 3.05) is 0 Å². The lowest BCUT2D eigenvalue weighted by atomic mass is 9.94. The molecule has 0 saturated heterocycles. The van der Waals surface area contributed by atoms with Crippen molar-refractivity contribution < 1.29 is 0 Å². The maximum atomic E-state index is 2.49. The molecule has 0 saturated carbocycles. The van der Waals surface area contributed by atoms with Crippen LogP contribution in [0.5, 0.6) is 0 Å². The summed E-state index contributed by atoms with van der Waals surface area (Å²) in [6.07, 6.45) is 0. The Hall–Kier alpha value is -8.14. The van der Waals surface area contributed by atoms with Crippen LogP contribution in [0.4, 0.5) is 0 Å². The van der Waals surface area contributed by atoms with E-state index in [1.165, 1.54) is 115 Å². The summed E-state index contributed by atoms with van der Waals surface area (Å²) in [5.74, 6) is 0. The largest absolute Gasteiger partial charge is 0.309 e. The molecule has 3 heterocycles. The normalized spacial score (nSPS) is 12.0. The monoisotopic (exact) mass is 803 g/mol. The third-order valence-electron chi connectivity index (χ3n) is 13.5. The van der Waals surface area contributed by atoms with Gasteiger partial charge in [0.2, 0.25) is 0 Å². The number of hydrogen-bond donors (Lipinski definition) is 0. The molecule has 10 aromatic carbocycles. The van der Waals surface area contributed by atoms with E-state index < -0.39 is 0 Å². The van der Waals surface area contributed by atoms with Gasteiger partial charge in [0, 0.05) is 54.8 Å². The van der Waals surface area contributed by atoms with E-state index >= 15 is 0 Å². The van der Waals surface area contributed by atoms with Crippen molar-refractivity contribution in [3.8, 4) is 39.3 Å². The summed E-state index contributed by atoms with van der Waals surface area (Å²) in [5.41, 5.74) is 18.2. The lowest BCUT2D eigenvalue weighted by Gasteiger charge is -2.14. The third kappa shape index (κ3) is 5.33. The predicted octanol–water partition coefficient (Wildman–Crippen LogP) is 16.1. The fourth-order valence-electron chi connectivity index (χ4n) is 10.7. The predicted molar refractivity (Wildman–Crippen MR) is 267 cm³/mol. The first-order chi connectivity index (χ1) is 31.1. The van der Waals surface area contributed by atoms with Gasteiger partial charge in [-0.05, 0) is 131 Å². The molecule has 3 aromatic heterocycles. The average Bonchev–Trinajstić information content (AvgIpc) is 3.97. The first-order valence-electron chi connectivity index (χ1n) is 21.8. The second-order valence-corrected chi connectivity index (χ2v) is 17.0. The van der Waals surface area contributed by atoms with Crippen molar-refractivity contribution in [2.45, 2.75) is 13.8 Å². The summed E-state index contributed by atoms with van der Waals surface area (Å²) < 4.78 is 7.31. The molecule has 0 aliphatic carbocycles. The van der Waals surface area contributed by atoms with E-state index in [2.05, 4.69) is 240 Å². The molecule has 0 fully saturated rings. The highest BCUT2D eigenvalue weighted by atomic mass is 15.0. The standard InChI is InChI=1S/C60H41N3/c1-38-14-12-15-39(2)59(38)43-29-33-58-53(36-43)50-30-26-40-16-6-7-21-47(40)60(50)63(58)46-20-13-19-45(37-46)62-55-25-11-9-23-49(55)52-35-42(28-32-57(52)62)41-27-31-56-51(34-41)48-22-8-10-24-54(48)61(56)44-17-4-3-5-18-44/h3-37H,1-2H3. The fourth-order valence-corrected chi connectivity index (χ4v) is 10.7. The highest BCUT2D eigenvalue weighted by molar-refractivity contribution is 6.19. The quantitative estimate of drug-likeness (QED) is 0.165. The van der Waals surface area contributed by atoms with Crippen molar-refractivity contribution in [1.29, 1.82) is 0 Å². The van der Waals surface area contributed by atoms with Crippen molar-refractivity contribution in [2.24, 2.45) is 0 Å². The zero-order valence-electron chi connectivity index (χ0n) is 35.0. The summed E-state index contributed by atoms with van der Waals surface area (Å²) in [5, 5.41) is 9.99. The Morgan fingerprint density at radius 1 is 0.270 bits per heavy atom. The van der Waals surface area contributed by atoms with E-state index in [9.17, 15) is 0 Å². The molecule has 13 aromatic rings. The van der Waals surface area contributed by atoms with Gasteiger partial charge in [-0.3, -0.25) is 0 Å². The van der Waals surface area contributed by atoms with Crippen LogP contribution in [0.2, 0.25) is 0 Å². The number of fused-ring (bicyclic) bond motifs is 11. The highest BCUT2D eigenvalue weighted by Crippen LogP contribution is 2.42. The van der Waals surface area contributed by atoms with Crippen LogP contribution in [0.1, 0.15) is 11.1 Å². The number of aryl methyl sites for hydroxylation is 2. The van der Waals surface area contributed by atoms with E-state index in [1.54, 1.807) is 0 Å². The Kier molecular flexibility index (Phi) is 7.73. The van der Waals surface area contributed by atoms with Crippen LogP contribution in [-0.2, 0) is 0 Å². The van der Waals surface area contributed by atoms with Crippen LogP contribution in [-0.4, -0.2) is 13.7 Å². The van der Waals surface area contributed by atoms with Gasteiger partial charge in [0.15, 0.2) is 0 Å². The zero-order valence-corrected chi connectivity index (χ0v) is 35.0. The van der Waals surface area contributed by atoms with Crippen molar-refractivity contribution in [3.05, 3.63) is 223 Å². The molecular formula is C60H41N3. The Morgan fingerprint density at radius 3 is 1.40 bits per heavy atom. The minimum absolute atomic E-state index is 1.13. The minimum atomic E-state index is 1.13. The Balaban J connectivity index is 0.989.